The molecule has 30 heavy (non-hydrogen) atoms. The van der Waals surface area contributed by atoms with Crippen molar-refractivity contribution >= 4 is 21.2 Å². The van der Waals surface area contributed by atoms with Crippen LogP contribution in [0.1, 0.15) is 17.9 Å². The van der Waals surface area contributed by atoms with Gasteiger partial charge in [-0.15, -0.1) is 0 Å². The number of sulfone groups is 1. The van der Waals surface area contributed by atoms with Gasteiger partial charge in [-0.25, -0.2) is 12.8 Å². The molecule has 8 nitrogen and oxygen atoms in total. The lowest BCUT2D eigenvalue weighted by atomic mass is 9.87. The number of hydrogen-bond donors (Lipinski definition) is 1. The largest absolute Gasteiger partial charge is 0.384 e. The molecule has 152 valence electrons. The zero-order valence-electron chi connectivity index (χ0n) is 15.4. The molecule has 2 N–H and O–H groups in total. The fourth-order valence-corrected chi connectivity index (χ4v) is 5.72. The number of nitriles is 1. The summed E-state index contributed by atoms with van der Waals surface area (Å²) in [5.41, 5.74) is 7.44. The number of anilines is 1. The minimum absolute atomic E-state index is 0.0115. The Labute approximate surface area is 171 Å². The molecule has 0 spiro atoms. The molecule has 10 heteroatoms. The van der Waals surface area contributed by atoms with E-state index in [0.29, 0.717) is 16.9 Å². The smallest absolute Gasteiger partial charge is 0.269 e. The van der Waals surface area contributed by atoms with Gasteiger partial charge in [0.05, 0.1) is 33.1 Å². The highest BCUT2D eigenvalue weighted by molar-refractivity contribution is 7.95. The summed E-state index contributed by atoms with van der Waals surface area (Å²) >= 11 is 0. The topological polar surface area (TPSA) is 130 Å². The van der Waals surface area contributed by atoms with E-state index in [2.05, 4.69) is 0 Å². The predicted molar refractivity (Wildman–Crippen MR) is 107 cm³/mol. The Morgan fingerprint density at radius 3 is 2.37 bits per heavy atom. The van der Waals surface area contributed by atoms with Crippen LogP contribution in [0.4, 0.5) is 15.8 Å². The Morgan fingerprint density at radius 1 is 1.17 bits per heavy atom. The van der Waals surface area contributed by atoms with Crippen molar-refractivity contribution in [2.75, 3.05) is 10.7 Å². The summed E-state index contributed by atoms with van der Waals surface area (Å²) < 4.78 is 39.2. The maximum atomic E-state index is 13.4. The summed E-state index contributed by atoms with van der Waals surface area (Å²) in [7, 11) is -3.70. The van der Waals surface area contributed by atoms with Gasteiger partial charge in [0.15, 0.2) is 9.84 Å². The van der Waals surface area contributed by atoms with Crippen LogP contribution in [-0.4, -0.2) is 19.1 Å². The molecular weight excluding hydrogens is 411 g/mol. The van der Waals surface area contributed by atoms with Crippen LogP contribution in [0.15, 0.2) is 70.5 Å². The van der Waals surface area contributed by atoms with Gasteiger partial charge in [0.25, 0.3) is 5.69 Å². The van der Waals surface area contributed by atoms with E-state index in [9.17, 15) is 28.2 Å². The molecule has 0 amide bonds. The Morgan fingerprint density at radius 2 is 1.80 bits per heavy atom. The normalized spacial score (nSPS) is 20.1. The van der Waals surface area contributed by atoms with Gasteiger partial charge in [0.2, 0.25) is 0 Å². The van der Waals surface area contributed by atoms with Crippen molar-refractivity contribution in [3.63, 3.8) is 0 Å². The van der Waals surface area contributed by atoms with Crippen molar-refractivity contribution < 1.29 is 17.7 Å². The lowest BCUT2D eigenvalue weighted by molar-refractivity contribution is -0.384. The molecule has 2 heterocycles. The van der Waals surface area contributed by atoms with E-state index in [1.54, 1.807) is 0 Å². The number of allylic oxidation sites excluding steroid dienone is 3. The van der Waals surface area contributed by atoms with Crippen molar-refractivity contribution in [3.8, 4) is 6.07 Å². The zero-order valence-corrected chi connectivity index (χ0v) is 16.3. The minimum atomic E-state index is -3.70. The van der Waals surface area contributed by atoms with E-state index < -0.39 is 26.5 Å². The highest BCUT2D eigenvalue weighted by atomic mass is 32.2. The molecule has 0 radical (unpaired) electrons. The van der Waals surface area contributed by atoms with Crippen LogP contribution < -0.4 is 10.6 Å². The maximum absolute atomic E-state index is 13.4. The molecule has 0 bridgehead atoms. The first-order valence-electron chi connectivity index (χ1n) is 8.90. The van der Waals surface area contributed by atoms with Crippen LogP contribution in [0.3, 0.4) is 0 Å². The first-order chi connectivity index (χ1) is 14.2. The lowest BCUT2D eigenvalue weighted by Crippen LogP contribution is -2.34. The number of non-ortho nitro benzene ring substituents is 1. The van der Waals surface area contributed by atoms with Gasteiger partial charge < -0.3 is 5.73 Å². The molecule has 4 rings (SSSR count). The molecule has 0 fully saturated rings. The zero-order chi connectivity index (χ0) is 21.6. The number of nitrogens with two attached hydrogens (primary N) is 1. The van der Waals surface area contributed by atoms with Gasteiger partial charge in [0.1, 0.15) is 11.6 Å². The van der Waals surface area contributed by atoms with E-state index in [0.717, 1.165) is 0 Å². The molecule has 2 aliphatic heterocycles. The van der Waals surface area contributed by atoms with E-state index in [4.69, 9.17) is 5.73 Å². The Kier molecular flexibility index (Phi) is 4.55. The Balaban J connectivity index is 1.94. The van der Waals surface area contributed by atoms with Crippen LogP contribution in [0.5, 0.6) is 0 Å². The molecule has 1 atom stereocenters. The van der Waals surface area contributed by atoms with Crippen molar-refractivity contribution in [2.45, 2.75) is 12.3 Å². The second-order valence-corrected chi connectivity index (χ2v) is 8.96. The minimum Gasteiger partial charge on any atom is -0.384 e. The summed E-state index contributed by atoms with van der Waals surface area (Å²) in [4.78, 5) is 11.9. The second kappa shape index (κ2) is 6.96. The van der Waals surface area contributed by atoms with Gasteiger partial charge >= 0.3 is 0 Å². The van der Waals surface area contributed by atoms with Gasteiger partial charge in [0, 0.05) is 29.9 Å². The van der Waals surface area contributed by atoms with E-state index in [1.165, 1.54) is 53.4 Å². The summed E-state index contributed by atoms with van der Waals surface area (Å²) in [5.74, 6) is -1.53. The lowest BCUT2D eigenvalue weighted by Gasteiger charge is -2.35. The van der Waals surface area contributed by atoms with E-state index in [1.807, 2.05) is 6.07 Å². The van der Waals surface area contributed by atoms with E-state index in [-0.39, 0.29) is 34.2 Å². The molecule has 2 aliphatic rings. The van der Waals surface area contributed by atoms with Gasteiger partial charge in [-0.05, 0) is 29.8 Å². The highest BCUT2D eigenvalue weighted by Gasteiger charge is 2.45. The average molecular weight is 426 g/mol. The summed E-state index contributed by atoms with van der Waals surface area (Å²) in [5, 5.41) is 20.8. The van der Waals surface area contributed by atoms with Crippen LogP contribution in [0.25, 0.3) is 0 Å². The monoisotopic (exact) mass is 426 g/mol. The number of nitrogens with zero attached hydrogens (tertiary/aromatic N) is 3. The second-order valence-electron chi connectivity index (χ2n) is 6.88. The molecule has 2 aromatic carbocycles. The van der Waals surface area contributed by atoms with Crippen LogP contribution >= 0.6 is 0 Å². The quantitative estimate of drug-likeness (QED) is 0.589. The van der Waals surface area contributed by atoms with Crippen LogP contribution in [-0.2, 0) is 9.84 Å². The Bertz CT molecular complexity index is 1260. The predicted octanol–water partition coefficient (Wildman–Crippen LogP) is 3.06. The van der Waals surface area contributed by atoms with Crippen molar-refractivity contribution in [1.29, 1.82) is 5.26 Å². The molecule has 0 aliphatic carbocycles. The highest BCUT2D eigenvalue weighted by Crippen LogP contribution is 2.48. The Hall–Kier alpha value is -3.71. The molecule has 0 aromatic heterocycles. The standard InChI is InChI=1S/C20H15FN4O4S/c21-13-3-7-14(8-4-13)24-17-9-10-30(28,29)19(17)18(16(11-22)20(24)23)12-1-5-15(6-2-12)25(26)27/h1-8,18H,9-10,23H2. The summed E-state index contributed by atoms with van der Waals surface area (Å²) in [6, 6.07) is 12.7. The SMILES string of the molecule is N#CC1=C(N)N(c2ccc(F)cc2)C2=C(C1c1ccc([N+](=O)[O-])cc1)S(=O)(=O)CC2. The first kappa shape index (κ1) is 19.6. The van der Waals surface area contributed by atoms with Crippen molar-refractivity contribution in [1.82, 2.24) is 0 Å². The van der Waals surface area contributed by atoms with Crippen molar-refractivity contribution in [2.24, 2.45) is 5.73 Å². The number of rotatable bonds is 3. The van der Waals surface area contributed by atoms with Gasteiger partial charge in [-0.1, -0.05) is 12.1 Å². The fourth-order valence-electron chi connectivity index (χ4n) is 3.87. The van der Waals surface area contributed by atoms with Crippen LogP contribution in [0.2, 0.25) is 0 Å². The molecule has 2 aromatic rings. The number of hydrogen-bond acceptors (Lipinski definition) is 7. The number of nitro groups is 1. The number of nitro benzene ring substituents is 1. The summed E-state index contributed by atoms with van der Waals surface area (Å²) in [6.45, 7) is 0. The third-order valence-corrected chi connectivity index (χ3v) is 7.09. The molecule has 0 saturated heterocycles. The summed E-state index contributed by atoms with van der Waals surface area (Å²) in [6.07, 6.45) is 0.179. The third kappa shape index (κ3) is 3.00. The molecule has 1 unspecified atom stereocenters. The van der Waals surface area contributed by atoms with E-state index >= 15 is 0 Å². The number of benzene rings is 2. The molecule has 0 saturated carbocycles. The third-order valence-electron chi connectivity index (χ3n) is 5.21. The first-order valence-corrected chi connectivity index (χ1v) is 10.6. The van der Waals surface area contributed by atoms with Crippen molar-refractivity contribution in [3.05, 3.63) is 92.0 Å². The number of halogens is 1. The van der Waals surface area contributed by atoms with Crippen LogP contribution in [0, 0.1) is 27.3 Å². The maximum Gasteiger partial charge on any atom is 0.269 e. The molecular formula is C20H15FN4O4S. The van der Waals surface area contributed by atoms with Gasteiger partial charge in [-0.2, -0.15) is 5.26 Å². The fraction of sp³-hybridized carbons (Fsp3) is 0.150. The van der Waals surface area contributed by atoms with Gasteiger partial charge in [-0.3, -0.25) is 15.0 Å². The average Bonchev–Trinajstić information content (AvgIpc) is 3.03.